The lowest BCUT2D eigenvalue weighted by Gasteiger charge is -2.27. The van der Waals surface area contributed by atoms with Crippen molar-refractivity contribution in [3.63, 3.8) is 0 Å². The van der Waals surface area contributed by atoms with Gasteiger partial charge in [0.2, 0.25) is 0 Å². The monoisotopic (exact) mass is 240 g/mol. The van der Waals surface area contributed by atoms with Gasteiger partial charge in [0.15, 0.2) is 0 Å². The van der Waals surface area contributed by atoms with Crippen molar-refractivity contribution in [1.82, 2.24) is 0 Å². The predicted molar refractivity (Wildman–Crippen MR) is 67.5 cm³/mol. The van der Waals surface area contributed by atoms with Gasteiger partial charge in [-0.05, 0) is 43.9 Å². The normalized spacial score (nSPS) is 24.1. The maximum Gasteiger partial charge on any atom is 0.305 e. The van der Waals surface area contributed by atoms with Crippen LogP contribution in [0, 0.1) is 11.8 Å². The van der Waals surface area contributed by atoms with Crippen LogP contribution in [-0.2, 0) is 14.3 Å². The van der Waals surface area contributed by atoms with Crippen molar-refractivity contribution in [2.75, 3.05) is 13.2 Å². The minimum absolute atomic E-state index is 0.0513. The van der Waals surface area contributed by atoms with E-state index in [1.807, 2.05) is 6.92 Å². The Morgan fingerprint density at radius 2 is 1.82 bits per heavy atom. The summed E-state index contributed by atoms with van der Waals surface area (Å²) in [5.41, 5.74) is 0. The van der Waals surface area contributed by atoms with E-state index in [-0.39, 0.29) is 5.97 Å². The highest BCUT2D eigenvalue weighted by atomic mass is 16.5. The highest BCUT2D eigenvalue weighted by Gasteiger charge is 2.22. The Kier molecular flexibility index (Phi) is 6.75. The van der Waals surface area contributed by atoms with Crippen LogP contribution in [0.3, 0.4) is 0 Å². The average Bonchev–Trinajstić information content (AvgIpc) is 2.35. The molecule has 0 heterocycles. The number of esters is 1. The molecule has 1 aliphatic rings. The molecular formula is C14H24O3. The molecule has 0 spiro atoms. The lowest BCUT2D eigenvalue weighted by Crippen LogP contribution is -2.22. The second-order valence-corrected chi connectivity index (χ2v) is 4.82. The van der Waals surface area contributed by atoms with Crippen molar-refractivity contribution in [2.24, 2.45) is 11.8 Å². The second-order valence-electron chi connectivity index (χ2n) is 4.82. The van der Waals surface area contributed by atoms with Gasteiger partial charge < -0.3 is 9.47 Å². The Balaban J connectivity index is 2.10. The molecule has 0 bridgehead atoms. The number of hydrogen-bond acceptors (Lipinski definition) is 3. The Morgan fingerprint density at radius 1 is 1.24 bits per heavy atom. The van der Waals surface area contributed by atoms with E-state index in [1.165, 1.54) is 19.1 Å². The summed E-state index contributed by atoms with van der Waals surface area (Å²) >= 11 is 0. The molecule has 1 rings (SSSR count). The molecular weight excluding hydrogens is 216 g/mol. The van der Waals surface area contributed by atoms with Crippen molar-refractivity contribution in [3.05, 3.63) is 12.8 Å². The first-order valence-corrected chi connectivity index (χ1v) is 6.64. The Labute approximate surface area is 104 Å². The average molecular weight is 240 g/mol. The molecule has 0 atom stereocenters. The summed E-state index contributed by atoms with van der Waals surface area (Å²) < 4.78 is 10.5. The van der Waals surface area contributed by atoms with Crippen molar-refractivity contribution >= 4 is 5.97 Å². The first-order valence-electron chi connectivity index (χ1n) is 6.64. The van der Waals surface area contributed by atoms with Gasteiger partial charge in [-0.2, -0.15) is 0 Å². The van der Waals surface area contributed by atoms with Gasteiger partial charge in [-0.1, -0.05) is 13.5 Å². The zero-order chi connectivity index (χ0) is 12.5. The molecule has 98 valence electrons. The Bertz CT molecular complexity index is 230. The van der Waals surface area contributed by atoms with Crippen LogP contribution in [0.1, 0.15) is 45.4 Å². The first kappa shape index (κ1) is 14.1. The van der Waals surface area contributed by atoms with Gasteiger partial charge in [0.05, 0.1) is 19.5 Å². The highest BCUT2D eigenvalue weighted by molar-refractivity contribution is 5.69. The molecule has 3 heteroatoms. The summed E-state index contributed by atoms with van der Waals surface area (Å²) in [7, 11) is 0. The summed E-state index contributed by atoms with van der Waals surface area (Å²) in [6, 6.07) is 0. The predicted octanol–water partition coefficient (Wildman–Crippen LogP) is 3.30. The molecule has 1 fully saturated rings. The smallest absolute Gasteiger partial charge is 0.305 e. The van der Waals surface area contributed by atoms with Crippen molar-refractivity contribution in [3.8, 4) is 0 Å². The third kappa shape index (κ3) is 5.76. The molecule has 0 N–H and O–H groups in total. The van der Waals surface area contributed by atoms with Crippen molar-refractivity contribution in [1.29, 1.82) is 0 Å². The van der Waals surface area contributed by atoms with Crippen LogP contribution in [0.4, 0.5) is 0 Å². The minimum Gasteiger partial charge on any atom is -0.502 e. The fraction of sp³-hybridized carbons (Fsp3) is 0.786. The van der Waals surface area contributed by atoms with Crippen molar-refractivity contribution < 1.29 is 14.3 Å². The topological polar surface area (TPSA) is 35.5 Å². The first-order chi connectivity index (χ1) is 8.26. The van der Waals surface area contributed by atoms with Crippen LogP contribution in [0.5, 0.6) is 0 Å². The van der Waals surface area contributed by atoms with Crippen molar-refractivity contribution in [2.45, 2.75) is 45.4 Å². The Morgan fingerprint density at radius 3 is 2.35 bits per heavy atom. The summed E-state index contributed by atoms with van der Waals surface area (Å²) in [5, 5.41) is 0. The van der Waals surface area contributed by atoms with Gasteiger partial charge in [0.25, 0.3) is 0 Å². The minimum atomic E-state index is -0.0513. The van der Waals surface area contributed by atoms with E-state index in [0.717, 1.165) is 25.9 Å². The van der Waals surface area contributed by atoms with Gasteiger partial charge in [-0.25, -0.2) is 0 Å². The molecule has 0 unspecified atom stereocenters. The van der Waals surface area contributed by atoms with Crippen LogP contribution in [-0.4, -0.2) is 19.2 Å². The fourth-order valence-electron chi connectivity index (χ4n) is 2.26. The second kappa shape index (κ2) is 8.15. The summed E-state index contributed by atoms with van der Waals surface area (Å²) in [6.07, 6.45) is 7.55. The van der Waals surface area contributed by atoms with Crippen LogP contribution in [0.25, 0.3) is 0 Å². The summed E-state index contributed by atoms with van der Waals surface area (Å²) in [6.45, 7) is 6.93. The molecule has 0 aromatic heterocycles. The van der Waals surface area contributed by atoms with E-state index in [4.69, 9.17) is 9.47 Å². The van der Waals surface area contributed by atoms with Gasteiger partial charge >= 0.3 is 5.97 Å². The number of hydrogen-bond donors (Lipinski definition) is 0. The highest BCUT2D eigenvalue weighted by Crippen LogP contribution is 2.29. The van der Waals surface area contributed by atoms with Gasteiger partial charge in [-0.3, -0.25) is 4.79 Å². The Hall–Kier alpha value is -0.990. The van der Waals surface area contributed by atoms with Gasteiger partial charge in [0, 0.05) is 6.42 Å². The van der Waals surface area contributed by atoms with E-state index in [9.17, 15) is 4.79 Å². The fourth-order valence-corrected chi connectivity index (χ4v) is 2.26. The largest absolute Gasteiger partial charge is 0.502 e. The molecule has 0 radical (unpaired) electrons. The van der Waals surface area contributed by atoms with E-state index in [1.54, 1.807) is 0 Å². The number of carbonyl (C=O) groups excluding carboxylic acids is 1. The molecule has 3 nitrogen and oxygen atoms in total. The van der Waals surface area contributed by atoms with E-state index < -0.39 is 0 Å². The number of carbonyl (C=O) groups is 1. The quantitative estimate of drug-likeness (QED) is 0.506. The number of rotatable bonds is 7. The van der Waals surface area contributed by atoms with Crippen LogP contribution in [0.15, 0.2) is 12.8 Å². The molecule has 1 saturated carbocycles. The van der Waals surface area contributed by atoms with E-state index >= 15 is 0 Å². The van der Waals surface area contributed by atoms with Crippen LogP contribution < -0.4 is 0 Å². The number of ether oxygens (including phenoxy) is 2. The van der Waals surface area contributed by atoms with E-state index in [0.29, 0.717) is 24.9 Å². The molecule has 0 amide bonds. The molecule has 0 aromatic carbocycles. The maximum absolute atomic E-state index is 11.2. The van der Waals surface area contributed by atoms with Gasteiger partial charge in [-0.15, -0.1) is 0 Å². The van der Waals surface area contributed by atoms with E-state index in [2.05, 4.69) is 6.58 Å². The molecule has 1 aliphatic carbocycles. The molecule has 0 aromatic rings. The maximum atomic E-state index is 11.2. The standard InChI is InChI=1S/C14H24O3/c1-3-5-14(15)17-11-13-8-6-12(7-9-13)10-16-4-2/h4,12-13H,2-3,5-11H2,1H3. The zero-order valence-electron chi connectivity index (χ0n) is 10.8. The van der Waals surface area contributed by atoms with Gasteiger partial charge in [0.1, 0.15) is 0 Å². The molecule has 17 heavy (non-hydrogen) atoms. The zero-order valence-corrected chi connectivity index (χ0v) is 10.8. The lowest BCUT2D eigenvalue weighted by molar-refractivity contribution is -0.145. The van der Waals surface area contributed by atoms with Crippen LogP contribution in [0.2, 0.25) is 0 Å². The molecule has 0 saturated heterocycles. The lowest BCUT2D eigenvalue weighted by atomic mass is 9.83. The summed E-state index contributed by atoms with van der Waals surface area (Å²) in [4.78, 5) is 11.2. The third-order valence-electron chi connectivity index (χ3n) is 3.35. The summed E-state index contributed by atoms with van der Waals surface area (Å²) in [5.74, 6) is 1.15. The molecule has 0 aliphatic heterocycles. The third-order valence-corrected chi connectivity index (χ3v) is 3.35. The van der Waals surface area contributed by atoms with Crippen LogP contribution >= 0.6 is 0 Å². The SMILES string of the molecule is C=COCC1CCC(COC(=O)CCC)CC1.